The van der Waals surface area contributed by atoms with Crippen LogP contribution in [0, 0.1) is 5.92 Å². The van der Waals surface area contributed by atoms with Gasteiger partial charge in [0.15, 0.2) is 9.84 Å². The van der Waals surface area contributed by atoms with Gasteiger partial charge in [0.05, 0.1) is 11.9 Å². The second-order valence-electron chi connectivity index (χ2n) is 3.85. The summed E-state index contributed by atoms with van der Waals surface area (Å²) in [5.41, 5.74) is 2.59. The van der Waals surface area contributed by atoms with Crippen LogP contribution in [0.5, 0.6) is 0 Å². The molecule has 0 bridgehead atoms. The topological polar surface area (TPSA) is 81.4 Å². The molecule has 0 saturated carbocycles. The number of nitrogens with one attached hydrogen (secondary N) is 1. The number of hydrogen-bond donors (Lipinski definition) is 2. The standard InChI is InChI=1S/C8H18N2O3S/c1-6(14(2,11)12)8(10-9)7-3-4-13-5-7/h6-8,10H,3-5,9H2,1-2H3. The first-order valence-corrected chi connectivity index (χ1v) is 6.65. The Hall–Kier alpha value is -0.170. The summed E-state index contributed by atoms with van der Waals surface area (Å²) in [5.74, 6) is 5.58. The van der Waals surface area contributed by atoms with Crippen LogP contribution in [0.3, 0.4) is 0 Å². The van der Waals surface area contributed by atoms with E-state index in [0.717, 1.165) is 6.42 Å². The molecule has 0 aliphatic carbocycles. The highest BCUT2D eigenvalue weighted by Crippen LogP contribution is 2.21. The van der Waals surface area contributed by atoms with Crippen LogP contribution in [0.1, 0.15) is 13.3 Å². The van der Waals surface area contributed by atoms with Gasteiger partial charge in [-0.25, -0.2) is 8.42 Å². The summed E-state index contributed by atoms with van der Waals surface area (Å²) < 4.78 is 27.9. The second-order valence-corrected chi connectivity index (χ2v) is 6.25. The third-order valence-electron chi connectivity index (χ3n) is 2.85. The SMILES string of the molecule is CC(C(NN)C1CCOC1)S(C)(=O)=O. The summed E-state index contributed by atoms with van der Waals surface area (Å²) >= 11 is 0. The van der Waals surface area contributed by atoms with Crippen molar-refractivity contribution in [2.24, 2.45) is 11.8 Å². The van der Waals surface area contributed by atoms with Crippen molar-refractivity contribution in [3.05, 3.63) is 0 Å². The van der Waals surface area contributed by atoms with Gasteiger partial charge in [0.25, 0.3) is 0 Å². The lowest BCUT2D eigenvalue weighted by Crippen LogP contribution is -2.50. The number of hydrazine groups is 1. The number of rotatable bonds is 4. The Bertz CT molecular complexity index is 272. The van der Waals surface area contributed by atoms with Gasteiger partial charge in [-0.2, -0.15) is 0 Å². The van der Waals surface area contributed by atoms with E-state index in [1.807, 2.05) is 0 Å². The Labute approximate surface area is 84.9 Å². The molecule has 0 amide bonds. The fourth-order valence-corrected chi connectivity index (χ4v) is 2.59. The van der Waals surface area contributed by atoms with Crippen molar-refractivity contribution >= 4 is 9.84 Å². The molecule has 0 aromatic heterocycles. The van der Waals surface area contributed by atoms with Crippen LogP contribution in [0.15, 0.2) is 0 Å². The highest BCUT2D eigenvalue weighted by Gasteiger charge is 2.33. The zero-order valence-electron chi connectivity index (χ0n) is 8.56. The molecular weight excluding hydrogens is 204 g/mol. The normalized spacial score (nSPS) is 27.5. The van der Waals surface area contributed by atoms with Crippen molar-refractivity contribution in [2.45, 2.75) is 24.6 Å². The molecule has 3 atom stereocenters. The van der Waals surface area contributed by atoms with Crippen molar-refractivity contribution in [3.63, 3.8) is 0 Å². The molecule has 1 aliphatic rings. The lowest BCUT2D eigenvalue weighted by Gasteiger charge is -2.26. The molecule has 0 radical (unpaired) electrons. The molecule has 0 aromatic rings. The van der Waals surface area contributed by atoms with Gasteiger partial charge >= 0.3 is 0 Å². The van der Waals surface area contributed by atoms with Crippen LogP contribution in [0.4, 0.5) is 0 Å². The summed E-state index contributed by atoms with van der Waals surface area (Å²) in [5, 5.41) is -0.473. The molecule has 6 heteroatoms. The van der Waals surface area contributed by atoms with Gasteiger partial charge < -0.3 is 4.74 Å². The maximum atomic E-state index is 11.4. The van der Waals surface area contributed by atoms with Crippen molar-refractivity contribution in [1.29, 1.82) is 0 Å². The molecule has 14 heavy (non-hydrogen) atoms. The maximum absolute atomic E-state index is 11.4. The lowest BCUT2D eigenvalue weighted by atomic mass is 9.97. The number of nitrogens with two attached hydrogens (primary N) is 1. The Morgan fingerprint density at radius 3 is 2.57 bits per heavy atom. The van der Waals surface area contributed by atoms with E-state index in [2.05, 4.69) is 5.43 Å². The number of ether oxygens (including phenoxy) is 1. The average molecular weight is 222 g/mol. The molecule has 3 unspecified atom stereocenters. The summed E-state index contributed by atoms with van der Waals surface area (Å²) in [6.45, 7) is 2.96. The van der Waals surface area contributed by atoms with E-state index in [4.69, 9.17) is 10.6 Å². The van der Waals surface area contributed by atoms with Crippen molar-refractivity contribution < 1.29 is 13.2 Å². The van der Waals surface area contributed by atoms with Gasteiger partial charge in [0.1, 0.15) is 0 Å². The fraction of sp³-hybridized carbons (Fsp3) is 1.00. The number of sulfone groups is 1. The third kappa shape index (κ3) is 2.66. The predicted octanol–water partition coefficient (Wildman–Crippen LogP) is -0.712. The van der Waals surface area contributed by atoms with E-state index in [1.165, 1.54) is 6.26 Å². The van der Waals surface area contributed by atoms with E-state index in [1.54, 1.807) is 6.92 Å². The predicted molar refractivity (Wildman–Crippen MR) is 54.3 cm³/mol. The summed E-state index contributed by atoms with van der Waals surface area (Å²) in [4.78, 5) is 0. The summed E-state index contributed by atoms with van der Waals surface area (Å²) in [7, 11) is -3.05. The van der Waals surface area contributed by atoms with E-state index in [9.17, 15) is 8.42 Å². The van der Waals surface area contributed by atoms with Gasteiger partial charge in [-0.1, -0.05) is 0 Å². The molecule has 1 heterocycles. The van der Waals surface area contributed by atoms with Crippen LogP contribution in [0.25, 0.3) is 0 Å². The zero-order chi connectivity index (χ0) is 10.8. The molecule has 1 rings (SSSR count). The molecule has 0 spiro atoms. The van der Waals surface area contributed by atoms with Crippen LogP contribution in [-0.2, 0) is 14.6 Å². The van der Waals surface area contributed by atoms with E-state index >= 15 is 0 Å². The first-order valence-electron chi connectivity index (χ1n) is 4.69. The van der Waals surface area contributed by atoms with Crippen LogP contribution in [0.2, 0.25) is 0 Å². The Balaban J connectivity index is 2.70. The number of hydrogen-bond acceptors (Lipinski definition) is 5. The first-order chi connectivity index (χ1) is 6.46. The Morgan fingerprint density at radius 2 is 2.21 bits per heavy atom. The monoisotopic (exact) mass is 222 g/mol. The van der Waals surface area contributed by atoms with Crippen molar-refractivity contribution in [2.75, 3.05) is 19.5 Å². The van der Waals surface area contributed by atoms with Crippen molar-refractivity contribution in [3.8, 4) is 0 Å². The summed E-state index contributed by atoms with van der Waals surface area (Å²) in [6.07, 6.45) is 2.10. The molecule has 1 fully saturated rings. The average Bonchev–Trinajstić information content (AvgIpc) is 2.57. The van der Waals surface area contributed by atoms with Gasteiger partial charge in [-0.05, 0) is 13.3 Å². The molecule has 1 aliphatic heterocycles. The smallest absolute Gasteiger partial charge is 0.151 e. The van der Waals surface area contributed by atoms with E-state index in [-0.39, 0.29) is 12.0 Å². The van der Waals surface area contributed by atoms with Crippen LogP contribution in [-0.4, -0.2) is 39.2 Å². The van der Waals surface area contributed by atoms with E-state index in [0.29, 0.717) is 13.2 Å². The minimum Gasteiger partial charge on any atom is -0.381 e. The third-order valence-corrected chi connectivity index (χ3v) is 4.49. The van der Waals surface area contributed by atoms with E-state index < -0.39 is 15.1 Å². The minimum absolute atomic E-state index is 0.199. The molecule has 1 saturated heterocycles. The second kappa shape index (κ2) is 4.57. The van der Waals surface area contributed by atoms with Crippen LogP contribution < -0.4 is 11.3 Å². The highest BCUT2D eigenvalue weighted by molar-refractivity contribution is 7.91. The molecule has 3 N–H and O–H groups in total. The van der Waals surface area contributed by atoms with Gasteiger partial charge in [0.2, 0.25) is 0 Å². The largest absolute Gasteiger partial charge is 0.381 e. The van der Waals surface area contributed by atoms with Gasteiger partial charge in [0, 0.05) is 24.8 Å². The Kier molecular flexibility index (Phi) is 3.88. The lowest BCUT2D eigenvalue weighted by molar-refractivity contribution is 0.176. The first kappa shape index (κ1) is 11.9. The quantitative estimate of drug-likeness (QED) is 0.485. The fourth-order valence-electron chi connectivity index (χ4n) is 1.76. The van der Waals surface area contributed by atoms with Gasteiger partial charge in [-0.3, -0.25) is 11.3 Å². The van der Waals surface area contributed by atoms with Crippen molar-refractivity contribution in [1.82, 2.24) is 5.43 Å². The summed E-state index contributed by atoms with van der Waals surface area (Å²) in [6, 6.07) is -0.215. The highest BCUT2D eigenvalue weighted by atomic mass is 32.2. The minimum atomic E-state index is -3.05. The maximum Gasteiger partial charge on any atom is 0.151 e. The van der Waals surface area contributed by atoms with Crippen LogP contribution >= 0.6 is 0 Å². The Morgan fingerprint density at radius 1 is 1.57 bits per heavy atom. The molecular formula is C8H18N2O3S. The van der Waals surface area contributed by atoms with Gasteiger partial charge in [-0.15, -0.1) is 0 Å². The zero-order valence-corrected chi connectivity index (χ0v) is 9.38. The molecule has 84 valence electrons. The molecule has 5 nitrogen and oxygen atoms in total. The molecule has 0 aromatic carbocycles.